The Bertz CT molecular complexity index is 265. The van der Waals surface area contributed by atoms with E-state index in [0.717, 1.165) is 0 Å². The third kappa shape index (κ3) is 1.83. The summed E-state index contributed by atoms with van der Waals surface area (Å²) in [6, 6.07) is 3.04. The predicted octanol–water partition coefficient (Wildman–Crippen LogP) is 0.872. The van der Waals surface area contributed by atoms with Crippen LogP contribution in [0.2, 0.25) is 0 Å². The van der Waals surface area contributed by atoms with Crippen LogP contribution in [0.25, 0.3) is 0 Å². The van der Waals surface area contributed by atoms with Gasteiger partial charge >= 0.3 is 5.82 Å². The van der Waals surface area contributed by atoms with Gasteiger partial charge in [-0.1, -0.05) is 0 Å². The van der Waals surface area contributed by atoms with Gasteiger partial charge in [-0.3, -0.25) is 4.90 Å². The number of anilines is 1. The van der Waals surface area contributed by atoms with Gasteiger partial charge in [0.05, 0.1) is 19.3 Å². The maximum Gasteiger partial charge on any atom is 0.322 e. The van der Waals surface area contributed by atoms with Gasteiger partial charge in [-0.2, -0.15) is 0 Å². The molecule has 4 nitrogen and oxygen atoms in total. The first kappa shape index (κ1) is 9.64. The van der Waals surface area contributed by atoms with Crippen molar-refractivity contribution >= 4 is 5.82 Å². The Morgan fingerprint density at radius 2 is 2.08 bits per heavy atom. The Kier molecular flexibility index (Phi) is 2.95. The van der Waals surface area contributed by atoms with Crippen LogP contribution in [-0.2, 0) is 0 Å². The Morgan fingerprint density at radius 1 is 1.46 bits per heavy atom. The van der Waals surface area contributed by atoms with Crippen molar-refractivity contribution in [3.63, 3.8) is 0 Å². The molecule has 0 aromatic carbocycles. The predicted molar refractivity (Wildman–Crippen MR) is 50.6 cm³/mol. The zero-order valence-corrected chi connectivity index (χ0v) is 7.90. The quantitative estimate of drug-likeness (QED) is 0.557. The number of aromatic nitrogens is 1. The van der Waals surface area contributed by atoms with Crippen LogP contribution in [0.3, 0.4) is 0 Å². The fraction of sp³-hybridized carbons (Fsp3) is 0.444. The molecule has 0 radical (unpaired) electrons. The highest BCUT2D eigenvalue weighted by Gasteiger charge is 2.17. The minimum atomic E-state index is 0.0289. The van der Waals surface area contributed by atoms with Gasteiger partial charge in [0.25, 0.3) is 0 Å². The number of aromatic hydroxyl groups is 1. The van der Waals surface area contributed by atoms with Crippen molar-refractivity contribution in [2.24, 2.45) is 0 Å². The largest absolute Gasteiger partial charge is 0.711 e. The number of rotatable bonds is 3. The summed E-state index contributed by atoms with van der Waals surface area (Å²) in [6.45, 7) is 5.29. The molecule has 1 aromatic heterocycles. The molecule has 0 fully saturated rings. The lowest BCUT2D eigenvalue weighted by Gasteiger charge is -2.18. The molecule has 0 unspecified atom stereocenters. The van der Waals surface area contributed by atoms with Crippen molar-refractivity contribution in [3.8, 4) is 5.75 Å². The summed E-state index contributed by atoms with van der Waals surface area (Å²) in [6.07, 6.45) is 1.38. The second-order valence-electron chi connectivity index (χ2n) is 2.72. The first-order chi connectivity index (χ1) is 6.20. The van der Waals surface area contributed by atoms with Gasteiger partial charge in [-0.15, -0.1) is 0 Å². The molecule has 1 aromatic rings. The molecular weight excluding hydrogens is 168 g/mol. The molecule has 1 heterocycles. The van der Waals surface area contributed by atoms with Crippen molar-refractivity contribution in [1.29, 1.82) is 0 Å². The lowest BCUT2D eigenvalue weighted by molar-refractivity contribution is -0.592. The van der Waals surface area contributed by atoms with E-state index < -0.39 is 0 Å². The van der Waals surface area contributed by atoms with E-state index in [1.165, 1.54) is 18.3 Å². The topological polar surface area (TPSA) is 50.4 Å². The Morgan fingerprint density at radius 3 is 2.54 bits per heavy atom. The van der Waals surface area contributed by atoms with Gasteiger partial charge in [0.1, 0.15) is 0 Å². The van der Waals surface area contributed by atoms with Crippen LogP contribution in [0.1, 0.15) is 13.8 Å². The Balaban J connectivity index is 3.10. The molecule has 13 heavy (non-hydrogen) atoms. The van der Waals surface area contributed by atoms with Gasteiger partial charge in [0.2, 0.25) is 5.75 Å². The lowest BCUT2D eigenvalue weighted by Crippen LogP contribution is -2.37. The summed E-state index contributed by atoms with van der Waals surface area (Å²) < 4.78 is 0.683. The number of pyridine rings is 1. The second kappa shape index (κ2) is 3.98. The van der Waals surface area contributed by atoms with Crippen LogP contribution in [-0.4, -0.2) is 18.2 Å². The lowest BCUT2D eigenvalue weighted by atomic mass is 10.4. The Labute approximate surface area is 77.6 Å². The van der Waals surface area contributed by atoms with Gasteiger partial charge in [0, 0.05) is 0 Å². The van der Waals surface area contributed by atoms with Crippen molar-refractivity contribution < 1.29 is 9.84 Å². The molecule has 1 rings (SSSR count). The summed E-state index contributed by atoms with van der Waals surface area (Å²) >= 11 is 0. The molecule has 0 aliphatic rings. The average Bonchev–Trinajstić information content (AvgIpc) is 2.11. The highest BCUT2D eigenvalue weighted by molar-refractivity contribution is 5.46. The van der Waals surface area contributed by atoms with Crippen LogP contribution < -0.4 is 9.63 Å². The monoisotopic (exact) mass is 182 g/mol. The zero-order valence-electron chi connectivity index (χ0n) is 7.90. The minimum absolute atomic E-state index is 0.0289. The fourth-order valence-electron chi connectivity index (χ4n) is 1.29. The molecule has 0 aliphatic carbocycles. The molecular formula is C9H14N2O2. The molecule has 0 bridgehead atoms. The normalized spacial score (nSPS) is 10.0. The van der Waals surface area contributed by atoms with Crippen LogP contribution in [0.5, 0.6) is 5.75 Å². The summed E-state index contributed by atoms with van der Waals surface area (Å²) in [5.74, 6) is 0.355. The van der Waals surface area contributed by atoms with Gasteiger partial charge < -0.3 is 10.3 Å². The maximum absolute atomic E-state index is 11.3. The van der Waals surface area contributed by atoms with E-state index in [-0.39, 0.29) is 5.75 Å². The van der Waals surface area contributed by atoms with E-state index in [0.29, 0.717) is 23.6 Å². The summed E-state index contributed by atoms with van der Waals surface area (Å²) in [5, 5.41) is 20.8. The first-order valence-corrected chi connectivity index (χ1v) is 4.36. The zero-order chi connectivity index (χ0) is 9.84. The molecule has 0 amide bonds. The van der Waals surface area contributed by atoms with E-state index >= 15 is 0 Å². The molecule has 0 saturated heterocycles. The molecule has 72 valence electrons. The van der Waals surface area contributed by atoms with Gasteiger partial charge in [-0.25, -0.2) is 4.73 Å². The summed E-state index contributed by atoms with van der Waals surface area (Å²) in [4.78, 5) is 1.81. The summed E-state index contributed by atoms with van der Waals surface area (Å²) in [7, 11) is 0. The van der Waals surface area contributed by atoms with E-state index in [1.807, 2.05) is 18.7 Å². The SMILES string of the molecule is CCN(CC)c1c(O)ccc[n+]1[O-]. The molecule has 1 N–H and O–H groups in total. The summed E-state index contributed by atoms with van der Waals surface area (Å²) in [5.41, 5.74) is 0. The molecule has 4 heteroatoms. The maximum atomic E-state index is 11.3. The van der Waals surface area contributed by atoms with Crippen molar-refractivity contribution in [1.82, 2.24) is 0 Å². The van der Waals surface area contributed by atoms with Gasteiger partial charge in [-0.05, 0) is 26.0 Å². The highest BCUT2D eigenvalue weighted by atomic mass is 16.5. The van der Waals surface area contributed by atoms with E-state index in [9.17, 15) is 10.3 Å². The van der Waals surface area contributed by atoms with E-state index in [1.54, 1.807) is 0 Å². The van der Waals surface area contributed by atoms with E-state index in [4.69, 9.17) is 0 Å². The number of nitrogens with zero attached hydrogens (tertiary/aromatic N) is 2. The third-order valence-electron chi connectivity index (χ3n) is 1.98. The first-order valence-electron chi connectivity index (χ1n) is 4.36. The second-order valence-corrected chi connectivity index (χ2v) is 2.72. The van der Waals surface area contributed by atoms with Crippen LogP contribution >= 0.6 is 0 Å². The highest BCUT2D eigenvalue weighted by Crippen LogP contribution is 2.20. The van der Waals surface area contributed by atoms with Crippen molar-refractivity contribution in [2.75, 3.05) is 18.0 Å². The van der Waals surface area contributed by atoms with Crippen molar-refractivity contribution in [3.05, 3.63) is 23.5 Å². The Hall–Kier alpha value is -1.45. The molecule has 0 spiro atoms. The number of hydrogen-bond donors (Lipinski definition) is 1. The fourth-order valence-corrected chi connectivity index (χ4v) is 1.29. The minimum Gasteiger partial charge on any atom is -0.711 e. The van der Waals surface area contributed by atoms with Crippen LogP contribution in [0.4, 0.5) is 5.82 Å². The number of hydrogen-bond acceptors (Lipinski definition) is 3. The smallest absolute Gasteiger partial charge is 0.322 e. The van der Waals surface area contributed by atoms with Crippen LogP contribution in [0.15, 0.2) is 18.3 Å². The third-order valence-corrected chi connectivity index (χ3v) is 1.98. The molecule has 0 aliphatic heterocycles. The molecule has 0 atom stereocenters. The van der Waals surface area contributed by atoms with Crippen LogP contribution in [0, 0.1) is 5.21 Å². The van der Waals surface area contributed by atoms with Gasteiger partial charge in [0.15, 0.2) is 0 Å². The average molecular weight is 182 g/mol. The standard InChI is InChI=1S/C9H14N2O2/c1-3-10(4-2)9-8(12)6-5-7-11(9)13/h5-7,12H,3-4H2,1-2H3. The van der Waals surface area contributed by atoms with Crippen molar-refractivity contribution in [2.45, 2.75) is 13.8 Å². The molecule has 0 saturated carbocycles. The van der Waals surface area contributed by atoms with E-state index in [2.05, 4.69) is 0 Å².